The van der Waals surface area contributed by atoms with Crippen molar-refractivity contribution < 1.29 is 19.4 Å². The van der Waals surface area contributed by atoms with Gasteiger partial charge in [0.25, 0.3) is 0 Å². The molecule has 1 aromatic rings. The van der Waals surface area contributed by atoms with Crippen LogP contribution in [0.25, 0.3) is 0 Å². The van der Waals surface area contributed by atoms with Crippen LogP contribution in [0.5, 0.6) is 5.75 Å². The van der Waals surface area contributed by atoms with Gasteiger partial charge in [-0.15, -0.1) is 0 Å². The van der Waals surface area contributed by atoms with Crippen LogP contribution in [-0.4, -0.2) is 24.1 Å². The predicted octanol–water partition coefficient (Wildman–Crippen LogP) is 2.23. The summed E-state index contributed by atoms with van der Waals surface area (Å²) in [5.41, 5.74) is 0.910. The maximum atomic E-state index is 12.0. The first-order chi connectivity index (χ1) is 9.36. The van der Waals surface area contributed by atoms with Crippen LogP contribution in [0, 0.1) is 11.8 Å². The normalized spacial score (nSPS) is 15.0. The van der Waals surface area contributed by atoms with E-state index in [1.165, 1.54) is 6.92 Å². The number of hydrogen-bond donors (Lipinski definition) is 2. The number of carboxylic acid groups (broad SMARTS) is 1. The molecule has 3 atom stereocenters. The third kappa shape index (κ3) is 3.98. The molecule has 0 bridgehead atoms. The molecule has 0 saturated heterocycles. The smallest absolute Gasteiger partial charge is 0.307 e. The molecular formula is C15H21NO4. The van der Waals surface area contributed by atoms with E-state index in [1.54, 1.807) is 14.0 Å². The molecule has 110 valence electrons. The monoisotopic (exact) mass is 279 g/mol. The summed E-state index contributed by atoms with van der Waals surface area (Å²) in [5, 5.41) is 11.7. The van der Waals surface area contributed by atoms with Gasteiger partial charge in [-0.05, 0) is 24.6 Å². The summed E-state index contributed by atoms with van der Waals surface area (Å²) >= 11 is 0. The van der Waals surface area contributed by atoms with Crippen LogP contribution >= 0.6 is 0 Å². The summed E-state index contributed by atoms with van der Waals surface area (Å²) in [6.07, 6.45) is 0. The lowest BCUT2D eigenvalue weighted by Gasteiger charge is -2.20. The van der Waals surface area contributed by atoms with Crippen molar-refractivity contribution >= 4 is 11.9 Å². The van der Waals surface area contributed by atoms with E-state index in [0.29, 0.717) is 0 Å². The molecule has 20 heavy (non-hydrogen) atoms. The Morgan fingerprint density at radius 1 is 1.20 bits per heavy atom. The molecule has 0 aliphatic rings. The summed E-state index contributed by atoms with van der Waals surface area (Å²) in [5.74, 6) is -1.82. The van der Waals surface area contributed by atoms with Gasteiger partial charge >= 0.3 is 5.97 Å². The number of carboxylic acids is 1. The number of ether oxygens (including phenoxy) is 1. The fraction of sp³-hybridized carbons (Fsp3) is 0.467. The predicted molar refractivity (Wildman–Crippen MR) is 75.5 cm³/mol. The second kappa shape index (κ2) is 6.93. The highest BCUT2D eigenvalue weighted by Gasteiger charge is 2.26. The second-order valence-electron chi connectivity index (χ2n) is 4.92. The van der Waals surface area contributed by atoms with Crippen LogP contribution in [-0.2, 0) is 9.59 Å². The molecule has 1 aromatic carbocycles. The highest BCUT2D eigenvalue weighted by molar-refractivity contribution is 5.84. The van der Waals surface area contributed by atoms with Crippen LogP contribution in [0.3, 0.4) is 0 Å². The van der Waals surface area contributed by atoms with Crippen molar-refractivity contribution in [2.75, 3.05) is 7.11 Å². The van der Waals surface area contributed by atoms with Gasteiger partial charge in [-0.2, -0.15) is 0 Å². The number of carbonyl (C=O) groups is 2. The number of carbonyl (C=O) groups excluding carboxylic acids is 1. The molecule has 2 N–H and O–H groups in total. The highest BCUT2D eigenvalue weighted by Crippen LogP contribution is 2.20. The van der Waals surface area contributed by atoms with Crippen molar-refractivity contribution in [2.24, 2.45) is 11.8 Å². The fourth-order valence-electron chi connectivity index (χ4n) is 1.78. The lowest BCUT2D eigenvalue weighted by atomic mass is 9.94. The number of benzene rings is 1. The number of amides is 1. The third-order valence-electron chi connectivity index (χ3n) is 3.51. The van der Waals surface area contributed by atoms with Gasteiger partial charge < -0.3 is 15.2 Å². The van der Waals surface area contributed by atoms with Crippen LogP contribution < -0.4 is 10.1 Å². The molecule has 0 fully saturated rings. The van der Waals surface area contributed by atoms with Gasteiger partial charge in [-0.1, -0.05) is 26.0 Å². The molecule has 1 rings (SSSR count). The maximum absolute atomic E-state index is 12.0. The number of nitrogens with one attached hydrogen (secondary N) is 1. The fourth-order valence-corrected chi connectivity index (χ4v) is 1.78. The van der Waals surface area contributed by atoms with Gasteiger partial charge in [0.2, 0.25) is 5.91 Å². The SMILES string of the molecule is COc1cccc([C@H](C)NC(=O)C(C)C(C)C(=O)O)c1. The van der Waals surface area contributed by atoms with Gasteiger partial charge in [0, 0.05) is 5.92 Å². The zero-order chi connectivity index (χ0) is 15.3. The minimum atomic E-state index is -0.971. The molecule has 0 aliphatic heterocycles. The number of rotatable bonds is 6. The van der Waals surface area contributed by atoms with Gasteiger partial charge in [-0.3, -0.25) is 9.59 Å². The average Bonchev–Trinajstić information content (AvgIpc) is 2.45. The lowest BCUT2D eigenvalue weighted by Crippen LogP contribution is -2.36. The van der Waals surface area contributed by atoms with Crippen LogP contribution in [0.2, 0.25) is 0 Å². The molecule has 5 nitrogen and oxygen atoms in total. The van der Waals surface area contributed by atoms with E-state index in [4.69, 9.17) is 9.84 Å². The molecule has 0 spiro atoms. The number of aliphatic carboxylic acids is 1. The largest absolute Gasteiger partial charge is 0.497 e. The average molecular weight is 279 g/mol. The van der Waals surface area contributed by atoms with Crippen molar-refractivity contribution in [1.29, 1.82) is 0 Å². The second-order valence-corrected chi connectivity index (χ2v) is 4.92. The minimum Gasteiger partial charge on any atom is -0.497 e. The summed E-state index contributed by atoms with van der Waals surface area (Å²) in [6, 6.07) is 7.20. The Morgan fingerprint density at radius 3 is 2.40 bits per heavy atom. The van der Waals surface area contributed by atoms with Crippen LogP contribution in [0.15, 0.2) is 24.3 Å². The van der Waals surface area contributed by atoms with E-state index >= 15 is 0 Å². The van der Waals surface area contributed by atoms with Crippen molar-refractivity contribution in [3.63, 3.8) is 0 Å². The van der Waals surface area contributed by atoms with Crippen LogP contribution in [0.1, 0.15) is 32.4 Å². The molecule has 0 aliphatic carbocycles. The van der Waals surface area contributed by atoms with Crippen molar-refractivity contribution in [3.05, 3.63) is 29.8 Å². The molecule has 1 amide bonds. The summed E-state index contributed by atoms with van der Waals surface area (Å²) < 4.78 is 5.14. The summed E-state index contributed by atoms with van der Waals surface area (Å²) in [4.78, 5) is 22.9. The lowest BCUT2D eigenvalue weighted by molar-refractivity contribution is -0.146. The van der Waals surface area contributed by atoms with E-state index in [-0.39, 0.29) is 11.9 Å². The zero-order valence-electron chi connectivity index (χ0n) is 12.2. The Morgan fingerprint density at radius 2 is 1.85 bits per heavy atom. The Kier molecular flexibility index (Phi) is 5.55. The number of methoxy groups -OCH3 is 1. The van der Waals surface area contributed by atoms with Gasteiger partial charge in [0.15, 0.2) is 0 Å². The quantitative estimate of drug-likeness (QED) is 0.837. The highest BCUT2D eigenvalue weighted by atomic mass is 16.5. The third-order valence-corrected chi connectivity index (χ3v) is 3.51. The summed E-state index contributed by atoms with van der Waals surface area (Å²) in [7, 11) is 1.58. The molecule has 0 heterocycles. The topological polar surface area (TPSA) is 75.6 Å². The van der Waals surface area contributed by atoms with E-state index in [2.05, 4.69) is 5.32 Å². The molecular weight excluding hydrogens is 258 g/mol. The Labute approximate surface area is 118 Å². The summed E-state index contributed by atoms with van der Waals surface area (Å²) in [6.45, 7) is 5.00. The standard InChI is InChI=1S/C15H21NO4/c1-9(10(2)15(18)19)14(17)16-11(3)12-6-5-7-13(8-12)20-4/h5-11H,1-4H3,(H,16,17)(H,18,19)/t9?,10?,11-/m0/s1. The molecule has 0 aromatic heterocycles. The van der Waals surface area contributed by atoms with Crippen molar-refractivity contribution in [2.45, 2.75) is 26.8 Å². The Bertz CT molecular complexity index is 487. The minimum absolute atomic E-state index is 0.207. The van der Waals surface area contributed by atoms with Crippen molar-refractivity contribution in [1.82, 2.24) is 5.32 Å². The zero-order valence-corrected chi connectivity index (χ0v) is 12.2. The van der Waals surface area contributed by atoms with Gasteiger partial charge in [0.1, 0.15) is 5.75 Å². The molecule has 5 heteroatoms. The molecule has 2 unspecified atom stereocenters. The van der Waals surface area contributed by atoms with Gasteiger partial charge in [-0.25, -0.2) is 0 Å². The number of hydrogen-bond acceptors (Lipinski definition) is 3. The Balaban J connectivity index is 2.72. The Hall–Kier alpha value is -2.04. The maximum Gasteiger partial charge on any atom is 0.307 e. The molecule has 0 radical (unpaired) electrons. The molecule has 0 saturated carbocycles. The van der Waals surface area contributed by atoms with Crippen LogP contribution in [0.4, 0.5) is 0 Å². The van der Waals surface area contributed by atoms with Gasteiger partial charge in [0.05, 0.1) is 19.1 Å². The first-order valence-electron chi connectivity index (χ1n) is 6.54. The van der Waals surface area contributed by atoms with E-state index in [0.717, 1.165) is 11.3 Å². The van der Waals surface area contributed by atoms with E-state index in [9.17, 15) is 9.59 Å². The first kappa shape index (κ1) is 16.0. The first-order valence-corrected chi connectivity index (χ1v) is 6.54. The van der Waals surface area contributed by atoms with E-state index < -0.39 is 17.8 Å². The van der Waals surface area contributed by atoms with Crippen molar-refractivity contribution in [3.8, 4) is 5.75 Å². The van der Waals surface area contributed by atoms with E-state index in [1.807, 2.05) is 31.2 Å².